The van der Waals surface area contributed by atoms with Crippen molar-refractivity contribution < 1.29 is 4.79 Å². The number of nitrogens with zero attached hydrogens (tertiary/aromatic N) is 4. The van der Waals surface area contributed by atoms with Gasteiger partial charge in [-0.3, -0.25) is 4.79 Å². The van der Waals surface area contributed by atoms with Crippen LogP contribution in [0.25, 0.3) is 0 Å². The van der Waals surface area contributed by atoms with Gasteiger partial charge >= 0.3 is 0 Å². The first kappa shape index (κ1) is 9.02. The molecule has 1 radical (unpaired) electrons. The smallest absolute Gasteiger partial charge is 0.240 e. The number of amides is 1. The van der Waals surface area contributed by atoms with Gasteiger partial charge in [0.2, 0.25) is 5.91 Å². The van der Waals surface area contributed by atoms with E-state index >= 15 is 0 Å². The van der Waals surface area contributed by atoms with Crippen LogP contribution < -0.4 is 10.9 Å². The molecule has 79 valence electrons. The highest BCUT2D eigenvalue weighted by atomic mass is 16.2. The fraction of sp³-hybridized carbons (Fsp3) is 0.200. The van der Waals surface area contributed by atoms with Crippen molar-refractivity contribution in [1.29, 1.82) is 0 Å². The van der Waals surface area contributed by atoms with Crippen LogP contribution in [-0.4, -0.2) is 11.6 Å². The molecule has 1 aromatic rings. The highest BCUT2D eigenvalue weighted by Crippen LogP contribution is 2.31. The molecule has 1 N–H and O–H groups in total. The molecule has 0 saturated carbocycles. The molecule has 1 aromatic carbocycles. The maximum Gasteiger partial charge on any atom is 0.240 e. The maximum absolute atomic E-state index is 11.0. The van der Waals surface area contributed by atoms with Crippen LogP contribution in [0.3, 0.4) is 0 Å². The molecule has 2 aliphatic heterocycles. The van der Waals surface area contributed by atoms with Crippen molar-refractivity contribution in [3.8, 4) is 0 Å². The zero-order valence-corrected chi connectivity index (χ0v) is 8.34. The summed E-state index contributed by atoms with van der Waals surface area (Å²) in [5.74, 6) is -0.0420. The van der Waals surface area contributed by atoms with Crippen LogP contribution in [0.5, 0.6) is 0 Å². The van der Waals surface area contributed by atoms with Gasteiger partial charge in [-0.05, 0) is 17.4 Å². The first-order valence-electron chi connectivity index (χ1n) is 4.94. The summed E-state index contributed by atoms with van der Waals surface area (Å²) in [6.45, 7) is 0. The van der Waals surface area contributed by atoms with E-state index < -0.39 is 0 Å². The zero-order valence-electron chi connectivity index (χ0n) is 8.34. The molecule has 2 aliphatic rings. The topological polar surface area (TPSA) is 80.3 Å². The van der Waals surface area contributed by atoms with E-state index in [1.165, 1.54) is 0 Å². The Labute approximate surface area is 91.4 Å². The molecule has 0 bridgehead atoms. The van der Waals surface area contributed by atoms with Crippen LogP contribution in [0.2, 0.25) is 0 Å². The van der Waals surface area contributed by atoms with Crippen molar-refractivity contribution in [1.82, 2.24) is 10.9 Å². The van der Waals surface area contributed by atoms with Crippen molar-refractivity contribution in [2.75, 3.05) is 0 Å². The van der Waals surface area contributed by atoms with Crippen LogP contribution in [-0.2, 0) is 4.79 Å². The molecule has 16 heavy (non-hydrogen) atoms. The van der Waals surface area contributed by atoms with E-state index in [9.17, 15) is 4.79 Å². The largest absolute Gasteiger partial charge is 0.273 e. The van der Waals surface area contributed by atoms with Gasteiger partial charge in [0, 0.05) is 18.4 Å². The Morgan fingerprint density at radius 2 is 2.12 bits per heavy atom. The molecule has 0 aliphatic carbocycles. The average molecular weight is 214 g/mol. The van der Waals surface area contributed by atoms with Crippen molar-refractivity contribution in [3.05, 3.63) is 23.8 Å². The van der Waals surface area contributed by atoms with Crippen molar-refractivity contribution in [3.63, 3.8) is 0 Å². The maximum atomic E-state index is 11.0. The number of fused-ring (bicyclic) bond motifs is 1. The van der Waals surface area contributed by atoms with Crippen LogP contribution >= 0.6 is 0 Å². The van der Waals surface area contributed by atoms with Gasteiger partial charge in [0.15, 0.2) is 0 Å². The zero-order chi connectivity index (χ0) is 11.0. The summed E-state index contributed by atoms with van der Waals surface area (Å²) in [6, 6.07) is 5.64. The summed E-state index contributed by atoms with van der Waals surface area (Å²) in [6.07, 6.45) is 1.13. The molecule has 0 fully saturated rings. The van der Waals surface area contributed by atoms with E-state index in [0.29, 0.717) is 12.8 Å². The Balaban J connectivity index is 1.95. The number of hydrogen-bond acceptors (Lipinski definition) is 4. The Morgan fingerprint density at radius 3 is 2.94 bits per heavy atom. The first-order chi connectivity index (χ1) is 7.83. The van der Waals surface area contributed by atoms with Gasteiger partial charge in [0.1, 0.15) is 11.4 Å². The third-order valence-electron chi connectivity index (χ3n) is 2.52. The van der Waals surface area contributed by atoms with Crippen molar-refractivity contribution in [2.24, 2.45) is 15.4 Å². The third-order valence-corrected chi connectivity index (χ3v) is 2.52. The number of carbonyl (C=O) groups excluding carboxylic acids is 1. The van der Waals surface area contributed by atoms with Crippen molar-refractivity contribution >= 4 is 23.0 Å². The predicted octanol–water partition coefficient (Wildman–Crippen LogP) is 1.55. The molecule has 0 unspecified atom stereocenters. The van der Waals surface area contributed by atoms with Gasteiger partial charge in [0.05, 0.1) is 5.71 Å². The normalized spacial score (nSPS) is 17.5. The Bertz CT molecular complexity index is 520. The van der Waals surface area contributed by atoms with E-state index in [1.54, 1.807) is 0 Å². The number of hydrazone groups is 1. The molecule has 6 heteroatoms. The highest BCUT2D eigenvalue weighted by Gasteiger charge is 2.16. The lowest BCUT2D eigenvalue weighted by molar-refractivity contribution is -0.121. The monoisotopic (exact) mass is 214 g/mol. The quantitative estimate of drug-likeness (QED) is 0.756. The summed E-state index contributed by atoms with van der Waals surface area (Å²) >= 11 is 0. The fourth-order valence-electron chi connectivity index (χ4n) is 1.67. The minimum atomic E-state index is -0.0420. The molecular formula is C10H8N5O. The number of rotatable bonds is 1. The van der Waals surface area contributed by atoms with Gasteiger partial charge in [-0.2, -0.15) is 5.10 Å². The third kappa shape index (κ3) is 1.44. The lowest BCUT2D eigenvalue weighted by Gasteiger charge is -2.12. The molecule has 1 amide bonds. The molecular weight excluding hydrogens is 206 g/mol. The summed E-state index contributed by atoms with van der Waals surface area (Å²) < 4.78 is 0. The number of carbonyl (C=O) groups is 1. The number of hydrogen-bond donors (Lipinski definition) is 1. The minimum Gasteiger partial charge on any atom is -0.273 e. The predicted molar refractivity (Wildman–Crippen MR) is 56.7 cm³/mol. The summed E-state index contributed by atoms with van der Waals surface area (Å²) in [5, 5.41) is 11.5. The van der Waals surface area contributed by atoms with Crippen LogP contribution in [0, 0.1) is 0 Å². The summed E-state index contributed by atoms with van der Waals surface area (Å²) in [7, 11) is 0. The van der Waals surface area contributed by atoms with E-state index in [2.05, 4.69) is 26.3 Å². The van der Waals surface area contributed by atoms with E-state index in [0.717, 1.165) is 22.6 Å². The molecule has 0 atom stereocenters. The Morgan fingerprint density at radius 1 is 1.19 bits per heavy atom. The van der Waals surface area contributed by atoms with Gasteiger partial charge in [-0.25, -0.2) is 5.43 Å². The number of benzene rings is 1. The lowest BCUT2D eigenvalue weighted by Crippen LogP contribution is -2.25. The van der Waals surface area contributed by atoms with Crippen LogP contribution in [0.15, 0.2) is 33.6 Å². The molecule has 2 heterocycles. The van der Waals surface area contributed by atoms with Crippen LogP contribution in [0.1, 0.15) is 18.4 Å². The summed E-state index contributed by atoms with van der Waals surface area (Å²) in [5.41, 5.74) is 9.65. The molecule has 0 saturated heterocycles. The molecule has 0 spiro atoms. The second kappa shape index (κ2) is 3.41. The SMILES string of the molecule is O=C1CCC(c2ccc3c(c2)N=N[N]3)=NN1. The average Bonchev–Trinajstić information content (AvgIpc) is 2.77. The van der Waals surface area contributed by atoms with Crippen LogP contribution in [0.4, 0.5) is 11.4 Å². The fourth-order valence-corrected chi connectivity index (χ4v) is 1.67. The minimum absolute atomic E-state index is 0.0420. The second-order valence-corrected chi connectivity index (χ2v) is 3.59. The number of nitrogens with one attached hydrogen (secondary N) is 1. The lowest BCUT2D eigenvalue weighted by atomic mass is 10.0. The second-order valence-electron chi connectivity index (χ2n) is 3.59. The summed E-state index contributed by atoms with van der Waals surface area (Å²) in [4.78, 5) is 11.0. The van der Waals surface area contributed by atoms with Crippen molar-refractivity contribution in [2.45, 2.75) is 12.8 Å². The van der Waals surface area contributed by atoms with Gasteiger partial charge < -0.3 is 0 Å². The van der Waals surface area contributed by atoms with Gasteiger partial charge in [0.25, 0.3) is 0 Å². The molecule has 3 rings (SSSR count). The van der Waals surface area contributed by atoms with E-state index in [4.69, 9.17) is 0 Å². The van der Waals surface area contributed by atoms with E-state index in [1.807, 2.05) is 18.2 Å². The molecule has 6 nitrogen and oxygen atoms in total. The standard InChI is InChI=1S/C10H8N5O/c16-10-4-3-7(11-14-10)6-1-2-8-9(5-6)13-15-12-8/h1-2,5H,3-4H2,(H,14,16). The van der Waals surface area contributed by atoms with Gasteiger partial charge in [-0.15, -0.1) is 10.5 Å². The van der Waals surface area contributed by atoms with E-state index in [-0.39, 0.29) is 5.91 Å². The molecule has 0 aromatic heterocycles. The Kier molecular flexibility index (Phi) is 1.92. The Hall–Kier alpha value is -2.24. The first-order valence-corrected chi connectivity index (χ1v) is 4.94. The van der Waals surface area contributed by atoms with Gasteiger partial charge in [-0.1, -0.05) is 6.07 Å². The highest BCUT2D eigenvalue weighted by molar-refractivity contribution is 6.05.